The summed E-state index contributed by atoms with van der Waals surface area (Å²) in [7, 11) is 0. The monoisotopic (exact) mass is 375 g/mol. The molecule has 2 atom stereocenters. The molecule has 0 saturated heterocycles. The molecule has 0 saturated carbocycles. The Morgan fingerprint density at radius 2 is 2.19 bits per heavy atom. The average Bonchev–Trinajstić information content (AvgIpc) is 3.18. The third-order valence-corrected chi connectivity index (χ3v) is 4.71. The van der Waals surface area contributed by atoms with Gasteiger partial charge in [-0.25, -0.2) is 0 Å². The van der Waals surface area contributed by atoms with Crippen LogP contribution >= 0.6 is 11.3 Å². The zero-order valence-electron chi connectivity index (χ0n) is 14.1. The summed E-state index contributed by atoms with van der Waals surface area (Å²) >= 11 is 1.59. The van der Waals surface area contributed by atoms with Crippen LogP contribution in [0.3, 0.4) is 0 Å². The fourth-order valence-corrected chi connectivity index (χ4v) is 3.40. The minimum Gasteiger partial charge on any atom is -0.506 e. The van der Waals surface area contributed by atoms with Crippen LogP contribution in [0.15, 0.2) is 52.9 Å². The number of amides is 1. The number of aliphatic hydroxyl groups excluding tert-OH is 1. The first-order valence-corrected chi connectivity index (χ1v) is 9.34. The highest BCUT2D eigenvalue weighted by Crippen LogP contribution is 2.33. The maximum Gasteiger partial charge on any atom is 0.290 e. The Hall–Kier alpha value is -2.35. The van der Waals surface area contributed by atoms with Gasteiger partial charge in [-0.15, -0.1) is 0 Å². The number of thiophene rings is 1. The van der Waals surface area contributed by atoms with Crippen molar-refractivity contribution in [1.82, 2.24) is 0 Å². The van der Waals surface area contributed by atoms with Gasteiger partial charge < -0.3 is 25.0 Å². The number of para-hydroxylation sites is 2. The minimum absolute atomic E-state index is 0.000697. The Morgan fingerprint density at radius 1 is 1.35 bits per heavy atom. The highest BCUT2D eigenvalue weighted by atomic mass is 32.1. The van der Waals surface area contributed by atoms with Crippen LogP contribution in [0.2, 0.25) is 0 Å². The Kier molecular flexibility index (Phi) is 6.27. The molecule has 1 aliphatic heterocycles. The second kappa shape index (κ2) is 8.84. The fraction of sp³-hybridized carbons (Fsp3) is 0.316. The number of allylic oxidation sites excluding steroid dienone is 1. The first-order valence-electron chi connectivity index (χ1n) is 8.39. The molecule has 7 heteroatoms. The van der Waals surface area contributed by atoms with E-state index >= 15 is 0 Å². The van der Waals surface area contributed by atoms with E-state index in [2.05, 4.69) is 5.32 Å². The molecule has 1 amide bonds. The van der Waals surface area contributed by atoms with Gasteiger partial charge in [0.1, 0.15) is 5.75 Å². The Labute approximate surface area is 155 Å². The van der Waals surface area contributed by atoms with Gasteiger partial charge in [-0.1, -0.05) is 12.1 Å². The lowest BCUT2D eigenvalue weighted by Crippen LogP contribution is -2.29. The lowest BCUT2D eigenvalue weighted by molar-refractivity contribution is -0.144. The molecule has 0 unspecified atom stereocenters. The average molecular weight is 375 g/mol. The van der Waals surface area contributed by atoms with Gasteiger partial charge in [-0.05, 0) is 47.0 Å². The highest BCUT2D eigenvalue weighted by molar-refractivity contribution is 7.08. The van der Waals surface area contributed by atoms with Gasteiger partial charge in [-0.2, -0.15) is 11.3 Å². The van der Waals surface area contributed by atoms with E-state index < -0.39 is 12.2 Å². The summed E-state index contributed by atoms with van der Waals surface area (Å²) in [5.74, 6) is -0.298. The first kappa shape index (κ1) is 18.4. The van der Waals surface area contributed by atoms with Crippen LogP contribution in [-0.4, -0.2) is 35.6 Å². The molecule has 1 aliphatic rings. The second-order valence-corrected chi connectivity index (χ2v) is 6.68. The summed E-state index contributed by atoms with van der Waals surface area (Å²) < 4.78 is 11.4. The van der Waals surface area contributed by atoms with Gasteiger partial charge in [0.2, 0.25) is 6.29 Å². The zero-order valence-corrected chi connectivity index (χ0v) is 14.9. The van der Waals surface area contributed by atoms with Crippen LogP contribution in [-0.2, 0) is 14.3 Å². The van der Waals surface area contributed by atoms with Gasteiger partial charge in [0.25, 0.3) is 5.91 Å². The molecule has 0 spiro atoms. The standard InChI is InChI=1S/C19H21NO5S/c21-7-3-8-24-18-11-14(13-6-9-26-12-13)10-17(25-18)19(23)20-15-4-1-2-5-16(15)22/h1-2,4-6,9-10,12,14,18,21-22H,3,7-8,11H2,(H,20,23)/t14-,18+/m0/s1. The van der Waals surface area contributed by atoms with Crippen molar-refractivity contribution in [1.29, 1.82) is 0 Å². The van der Waals surface area contributed by atoms with E-state index in [1.54, 1.807) is 35.6 Å². The third kappa shape index (κ3) is 4.63. The maximum absolute atomic E-state index is 12.6. The van der Waals surface area contributed by atoms with Crippen molar-refractivity contribution in [2.75, 3.05) is 18.5 Å². The van der Waals surface area contributed by atoms with Gasteiger partial charge in [0.15, 0.2) is 5.76 Å². The SMILES string of the molecule is O=C(Nc1ccccc1O)C1=C[C@H](c2ccsc2)C[C@H](OCCCO)O1. The number of carbonyl (C=O) groups is 1. The van der Waals surface area contributed by atoms with Crippen molar-refractivity contribution in [2.24, 2.45) is 0 Å². The second-order valence-electron chi connectivity index (χ2n) is 5.90. The van der Waals surface area contributed by atoms with E-state index in [9.17, 15) is 9.90 Å². The summed E-state index contributed by atoms with van der Waals surface area (Å²) in [4.78, 5) is 12.6. The number of phenolic OH excluding ortho intramolecular Hbond substituents is 1. The van der Waals surface area contributed by atoms with Gasteiger partial charge in [-0.3, -0.25) is 4.79 Å². The highest BCUT2D eigenvalue weighted by Gasteiger charge is 2.29. The number of anilines is 1. The van der Waals surface area contributed by atoms with Crippen LogP contribution in [0.5, 0.6) is 5.75 Å². The van der Waals surface area contributed by atoms with E-state index in [0.717, 1.165) is 5.56 Å². The number of phenols is 1. The summed E-state index contributed by atoms with van der Waals surface area (Å²) in [5, 5.41) is 25.4. The van der Waals surface area contributed by atoms with Gasteiger partial charge >= 0.3 is 0 Å². The van der Waals surface area contributed by atoms with E-state index in [1.165, 1.54) is 6.07 Å². The minimum atomic E-state index is -0.568. The predicted molar refractivity (Wildman–Crippen MR) is 99.0 cm³/mol. The number of rotatable bonds is 7. The smallest absolute Gasteiger partial charge is 0.290 e. The predicted octanol–water partition coefficient (Wildman–Crippen LogP) is 3.21. The van der Waals surface area contributed by atoms with Crippen molar-refractivity contribution in [2.45, 2.75) is 25.0 Å². The van der Waals surface area contributed by atoms with Crippen LogP contribution in [0.1, 0.15) is 24.3 Å². The molecule has 1 aromatic heterocycles. The molecule has 0 aliphatic carbocycles. The summed E-state index contributed by atoms with van der Waals surface area (Å²) in [6.07, 6.45) is 2.31. The van der Waals surface area contributed by atoms with Gasteiger partial charge in [0.05, 0.1) is 12.3 Å². The van der Waals surface area contributed by atoms with E-state index in [4.69, 9.17) is 14.6 Å². The Morgan fingerprint density at radius 3 is 2.92 bits per heavy atom. The number of benzene rings is 1. The Bertz CT molecular complexity index is 759. The number of hydrogen-bond acceptors (Lipinski definition) is 6. The number of hydrogen-bond donors (Lipinski definition) is 3. The normalized spacial score (nSPS) is 19.5. The molecule has 2 aromatic rings. The van der Waals surface area contributed by atoms with E-state index in [-0.39, 0.29) is 24.0 Å². The molecule has 0 bridgehead atoms. The molecular weight excluding hydrogens is 354 g/mol. The largest absolute Gasteiger partial charge is 0.506 e. The maximum atomic E-state index is 12.6. The molecule has 3 rings (SSSR count). The number of ether oxygens (including phenoxy) is 2. The number of aliphatic hydroxyl groups is 1. The van der Waals surface area contributed by atoms with Crippen molar-refractivity contribution in [3.8, 4) is 5.75 Å². The molecule has 1 aromatic carbocycles. The number of nitrogens with one attached hydrogen (secondary N) is 1. The van der Waals surface area contributed by atoms with Crippen molar-refractivity contribution in [3.05, 3.63) is 58.5 Å². The number of carbonyl (C=O) groups excluding carboxylic acids is 1. The lowest BCUT2D eigenvalue weighted by Gasteiger charge is -2.29. The van der Waals surface area contributed by atoms with Crippen molar-refractivity contribution in [3.63, 3.8) is 0 Å². The Balaban J connectivity index is 1.76. The fourth-order valence-electron chi connectivity index (χ4n) is 2.68. The molecule has 26 heavy (non-hydrogen) atoms. The van der Waals surface area contributed by atoms with E-state index in [1.807, 2.05) is 16.8 Å². The van der Waals surface area contributed by atoms with Crippen LogP contribution in [0.25, 0.3) is 0 Å². The molecule has 0 fully saturated rings. The van der Waals surface area contributed by atoms with Crippen LogP contribution < -0.4 is 5.32 Å². The van der Waals surface area contributed by atoms with E-state index in [0.29, 0.717) is 25.1 Å². The van der Waals surface area contributed by atoms with Crippen LogP contribution in [0.4, 0.5) is 5.69 Å². The third-order valence-electron chi connectivity index (χ3n) is 4.01. The lowest BCUT2D eigenvalue weighted by atomic mass is 9.95. The molecule has 138 valence electrons. The molecule has 0 radical (unpaired) electrons. The zero-order chi connectivity index (χ0) is 18.4. The summed E-state index contributed by atoms with van der Waals surface area (Å²) in [6.45, 7) is 0.392. The first-order chi connectivity index (χ1) is 12.7. The van der Waals surface area contributed by atoms with Crippen LogP contribution in [0, 0.1) is 0 Å². The molecule has 6 nitrogen and oxygen atoms in total. The van der Waals surface area contributed by atoms with Gasteiger partial charge in [0, 0.05) is 18.9 Å². The molecular formula is C19H21NO5S. The molecule has 2 heterocycles. The van der Waals surface area contributed by atoms with Crippen molar-refractivity contribution < 1.29 is 24.5 Å². The summed E-state index contributed by atoms with van der Waals surface area (Å²) in [5.41, 5.74) is 1.42. The topological polar surface area (TPSA) is 88.0 Å². The van der Waals surface area contributed by atoms with Crippen molar-refractivity contribution >= 4 is 22.9 Å². The number of aromatic hydroxyl groups is 1. The molecule has 3 N–H and O–H groups in total. The summed E-state index contributed by atoms with van der Waals surface area (Å²) in [6, 6.07) is 8.53. The quantitative estimate of drug-likeness (QED) is 0.511.